The molecule has 1 heterocycles. The summed E-state index contributed by atoms with van der Waals surface area (Å²) in [6.45, 7) is 0. The lowest BCUT2D eigenvalue weighted by Crippen LogP contribution is -2.11. The van der Waals surface area contributed by atoms with E-state index in [1.807, 2.05) is 0 Å². The van der Waals surface area contributed by atoms with Crippen LogP contribution in [0.5, 0.6) is 11.5 Å². The Morgan fingerprint density at radius 3 is 2.59 bits per heavy atom. The van der Waals surface area contributed by atoms with Crippen LogP contribution >= 0.6 is 0 Å². The van der Waals surface area contributed by atoms with Crippen molar-refractivity contribution in [3.05, 3.63) is 42.5 Å². The molecule has 0 spiro atoms. The van der Waals surface area contributed by atoms with E-state index in [0.29, 0.717) is 22.7 Å². The van der Waals surface area contributed by atoms with E-state index >= 15 is 0 Å². The van der Waals surface area contributed by atoms with E-state index in [-0.39, 0.29) is 5.95 Å². The van der Waals surface area contributed by atoms with Crippen LogP contribution in [0.4, 0.5) is 16.4 Å². The molecule has 0 aliphatic carbocycles. The van der Waals surface area contributed by atoms with Gasteiger partial charge < -0.3 is 20.1 Å². The zero-order valence-electron chi connectivity index (χ0n) is 11.8. The first kappa shape index (κ1) is 13.7. The van der Waals surface area contributed by atoms with Crippen molar-refractivity contribution >= 4 is 28.8 Å². The van der Waals surface area contributed by atoms with Crippen molar-refractivity contribution in [1.29, 1.82) is 0 Å². The fourth-order valence-electron chi connectivity index (χ4n) is 2.11. The fraction of sp³-hybridized carbons (Fsp3) is 0.0667. The number of aryl methyl sites for hydroxylation is 1. The number of ether oxygens (including phenoxy) is 1. The minimum Gasteiger partial charge on any atom is -0.465 e. The highest BCUT2D eigenvalue weighted by atomic mass is 16.5. The second-order valence-electron chi connectivity index (χ2n) is 4.75. The van der Waals surface area contributed by atoms with Gasteiger partial charge in [-0.15, -0.1) is 0 Å². The van der Waals surface area contributed by atoms with E-state index in [9.17, 15) is 4.79 Å². The molecule has 4 N–H and O–H groups in total. The van der Waals surface area contributed by atoms with E-state index in [1.54, 1.807) is 54.1 Å². The van der Waals surface area contributed by atoms with Crippen LogP contribution in [0, 0.1) is 0 Å². The molecular formula is C15H14N4O3. The lowest BCUT2D eigenvalue weighted by molar-refractivity contribution is 0.209. The summed E-state index contributed by atoms with van der Waals surface area (Å²) in [6, 6.07) is 12.4. The van der Waals surface area contributed by atoms with Crippen LogP contribution in [0.25, 0.3) is 11.0 Å². The molecule has 0 atom stereocenters. The van der Waals surface area contributed by atoms with Gasteiger partial charge in [-0.05, 0) is 36.4 Å². The van der Waals surface area contributed by atoms with Gasteiger partial charge in [0.2, 0.25) is 5.95 Å². The smallest absolute Gasteiger partial charge is 0.411 e. The van der Waals surface area contributed by atoms with Crippen LogP contribution in [-0.4, -0.2) is 20.8 Å². The Balaban J connectivity index is 1.93. The minimum absolute atomic E-state index is 0.257. The maximum atomic E-state index is 10.7. The van der Waals surface area contributed by atoms with Crippen molar-refractivity contribution < 1.29 is 14.6 Å². The molecule has 3 aromatic rings. The normalized spacial score (nSPS) is 10.6. The van der Waals surface area contributed by atoms with Gasteiger partial charge in [0.1, 0.15) is 11.5 Å². The Bertz CT molecular complexity index is 840. The molecular weight excluding hydrogens is 284 g/mol. The van der Waals surface area contributed by atoms with E-state index in [2.05, 4.69) is 10.3 Å². The van der Waals surface area contributed by atoms with Gasteiger partial charge in [-0.2, -0.15) is 0 Å². The first-order valence-corrected chi connectivity index (χ1v) is 6.53. The molecule has 1 aromatic heterocycles. The number of amides is 1. The number of imidazole rings is 1. The molecule has 0 unspecified atom stereocenters. The Morgan fingerprint density at radius 1 is 1.23 bits per heavy atom. The SMILES string of the molecule is Cn1c(NC(=O)O)nc2ccc(Oc3ccc(N)cc3)cc21. The van der Waals surface area contributed by atoms with E-state index in [0.717, 1.165) is 5.52 Å². The molecule has 0 saturated carbocycles. The van der Waals surface area contributed by atoms with Crippen molar-refractivity contribution in [3.8, 4) is 11.5 Å². The van der Waals surface area contributed by atoms with Gasteiger partial charge in [-0.1, -0.05) is 0 Å². The molecule has 1 amide bonds. The summed E-state index contributed by atoms with van der Waals surface area (Å²) in [5.74, 6) is 1.55. The number of benzene rings is 2. The number of anilines is 2. The summed E-state index contributed by atoms with van der Waals surface area (Å²) in [5, 5.41) is 11.0. The quantitative estimate of drug-likeness (QED) is 0.645. The first-order valence-electron chi connectivity index (χ1n) is 6.53. The van der Waals surface area contributed by atoms with E-state index in [1.165, 1.54) is 0 Å². The first-order chi connectivity index (χ1) is 10.5. The molecule has 0 bridgehead atoms. The number of fused-ring (bicyclic) bond motifs is 1. The molecule has 112 valence electrons. The number of nitrogen functional groups attached to an aromatic ring is 1. The van der Waals surface area contributed by atoms with Crippen LogP contribution < -0.4 is 15.8 Å². The fourth-order valence-corrected chi connectivity index (χ4v) is 2.11. The molecule has 7 nitrogen and oxygen atoms in total. The maximum absolute atomic E-state index is 10.7. The van der Waals surface area contributed by atoms with Gasteiger partial charge in [-0.3, -0.25) is 5.32 Å². The summed E-state index contributed by atoms with van der Waals surface area (Å²) >= 11 is 0. The standard InChI is InChI=1S/C15H14N4O3/c1-19-13-8-11(22-10-4-2-9(16)3-5-10)6-7-12(13)17-14(19)18-15(20)21/h2-8H,16H2,1H3,(H,17,18)(H,20,21). The Labute approximate surface area is 125 Å². The highest BCUT2D eigenvalue weighted by Crippen LogP contribution is 2.27. The van der Waals surface area contributed by atoms with Gasteiger partial charge in [-0.25, -0.2) is 9.78 Å². The number of carbonyl (C=O) groups is 1. The zero-order chi connectivity index (χ0) is 15.7. The summed E-state index contributed by atoms with van der Waals surface area (Å²) in [5.41, 5.74) is 7.74. The zero-order valence-corrected chi connectivity index (χ0v) is 11.8. The molecule has 0 aliphatic heterocycles. The van der Waals surface area contributed by atoms with Gasteiger partial charge in [0.15, 0.2) is 0 Å². The second kappa shape index (κ2) is 5.28. The lowest BCUT2D eigenvalue weighted by atomic mass is 10.3. The van der Waals surface area contributed by atoms with Gasteiger partial charge in [0.05, 0.1) is 11.0 Å². The Morgan fingerprint density at radius 2 is 1.91 bits per heavy atom. The van der Waals surface area contributed by atoms with Gasteiger partial charge in [0, 0.05) is 18.8 Å². The molecule has 0 aliphatic rings. The van der Waals surface area contributed by atoms with Crippen molar-refractivity contribution in [3.63, 3.8) is 0 Å². The van der Waals surface area contributed by atoms with Crippen molar-refractivity contribution in [2.45, 2.75) is 0 Å². The Kier molecular flexibility index (Phi) is 3.30. The van der Waals surface area contributed by atoms with Crippen LogP contribution in [-0.2, 0) is 7.05 Å². The molecule has 0 saturated heterocycles. The van der Waals surface area contributed by atoms with E-state index in [4.69, 9.17) is 15.6 Å². The summed E-state index contributed by atoms with van der Waals surface area (Å²) in [4.78, 5) is 14.9. The molecule has 2 aromatic carbocycles. The summed E-state index contributed by atoms with van der Waals surface area (Å²) in [7, 11) is 1.73. The third kappa shape index (κ3) is 2.64. The Hall–Kier alpha value is -3.22. The maximum Gasteiger partial charge on any atom is 0.411 e. The largest absolute Gasteiger partial charge is 0.465 e. The van der Waals surface area contributed by atoms with Crippen molar-refractivity contribution in [2.75, 3.05) is 11.1 Å². The predicted molar refractivity (Wildman–Crippen MR) is 83.3 cm³/mol. The van der Waals surface area contributed by atoms with Crippen molar-refractivity contribution in [2.24, 2.45) is 7.05 Å². The van der Waals surface area contributed by atoms with Gasteiger partial charge in [0.25, 0.3) is 0 Å². The number of hydrogen-bond acceptors (Lipinski definition) is 4. The molecule has 0 radical (unpaired) electrons. The number of hydrogen-bond donors (Lipinski definition) is 3. The third-order valence-corrected chi connectivity index (χ3v) is 3.19. The topological polar surface area (TPSA) is 102 Å². The highest BCUT2D eigenvalue weighted by Gasteiger charge is 2.11. The predicted octanol–water partition coefficient (Wildman–Crippen LogP) is 3.04. The number of nitrogens with one attached hydrogen (secondary N) is 1. The monoisotopic (exact) mass is 298 g/mol. The van der Waals surface area contributed by atoms with Crippen LogP contribution in [0.2, 0.25) is 0 Å². The second-order valence-corrected chi connectivity index (χ2v) is 4.75. The molecule has 3 rings (SSSR count). The van der Waals surface area contributed by atoms with Crippen LogP contribution in [0.15, 0.2) is 42.5 Å². The third-order valence-electron chi connectivity index (χ3n) is 3.19. The van der Waals surface area contributed by atoms with Crippen molar-refractivity contribution in [1.82, 2.24) is 9.55 Å². The van der Waals surface area contributed by atoms with Crippen LogP contribution in [0.3, 0.4) is 0 Å². The number of nitrogens with two attached hydrogens (primary N) is 1. The highest BCUT2D eigenvalue weighted by molar-refractivity contribution is 5.86. The number of rotatable bonds is 3. The molecule has 0 fully saturated rings. The summed E-state index contributed by atoms with van der Waals surface area (Å²) in [6.07, 6.45) is -1.16. The number of nitrogens with zero attached hydrogens (tertiary/aromatic N) is 2. The van der Waals surface area contributed by atoms with Gasteiger partial charge >= 0.3 is 6.09 Å². The number of aromatic nitrogens is 2. The van der Waals surface area contributed by atoms with E-state index < -0.39 is 6.09 Å². The average Bonchev–Trinajstić information content (AvgIpc) is 2.77. The molecule has 7 heteroatoms. The average molecular weight is 298 g/mol. The minimum atomic E-state index is -1.16. The number of carboxylic acid groups (broad SMARTS) is 1. The summed E-state index contributed by atoms with van der Waals surface area (Å²) < 4.78 is 7.41. The lowest BCUT2D eigenvalue weighted by Gasteiger charge is -2.06. The van der Waals surface area contributed by atoms with Crippen LogP contribution in [0.1, 0.15) is 0 Å². The molecule has 22 heavy (non-hydrogen) atoms.